The Morgan fingerprint density at radius 2 is 2.00 bits per heavy atom. The third-order valence-electron chi connectivity index (χ3n) is 1.64. The second-order valence-electron chi connectivity index (χ2n) is 2.87. The zero-order chi connectivity index (χ0) is 12.5. The Bertz CT molecular complexity index is 436. The number of thioether (sulfide) groups is 1. The van der Waals surface area contributed by atoms with E-state index in [0.717, 1.165) is 6.07 Å². The molecular formula is C8H5BrF3NO2S. The monoisotopic (exact) mass is 315 g/mol. The summed E-state index contributed by atoms with van der Waals surface area (Å²) in [4.78, 5) is 9.43. The molecule has 0 aliphatic carbocycles. The molecule has 0 radical (unpaired) electrons. The van der Waals surface area contributed by atoms with Gasteiger partial charge in [0.1, 0.15) is 0 Å². The van der Waals surface area contributed by atoms with E-state index in [-0.39, 0.29) is 5.56 Å². The minimum absolute atomic E-state index is 0.186. The molecule has 3 nitrogen and oxygen atoms in total. The third kappa shape index (κ3) is 3.38. The number of nitro groups is 1. The quantitative estimate of drug-likeness (QED) is 0.465. The van der Waals surface area contributed by atoms with Crippen molar-refractivity contribution < 1.29 is 18.1 Å². The maximum atomic E-state index is 12.2. The van der Waals surface area contributed by atoms with Gasteiger partial charge in [-0.15, -0.1) is 0 Å². The molecule has 0 bridgehead atoms. The Labute approximate surface area is 101 Å². The number of hydrogen-bond acceptors (Lipinski definition) is 3. The van der Waals surface area contributed by atoms with Crippen molar-refractivity contribution >= 4 is 33.4 Å². The van der Waals surface area contributed by atoms with E-state index in [9.17, 15) is 23.3 Å². The van der Waals surface area contributed by atoms with Gasteiger partial charge in [-0.3, -0.25) is 10.1 Å². The van der Waals surface area contributed by atoms with Gasteiger partial charge in [0.25, 0.3) is 5.69 Å². The molecule has 0 atom stereocenters. The molecule has 16 heavy (non-hydrogen) atoms. The topological polar surface area (TPSA) is 43.1 Å². The third-order valence-corrected chi connectivity index (χ3v) is 2.86. The van der Waals surface area contributed by atoms with Gasteiger partial charge in [-0.2, -0.15) is 13.2 Å². The Balaban J connectivity index is 3.30. The van der Waals surface area contributed by atoms with Crippen molar-refractivity contribution in [3.05, 3.63) is 32.3 Å². The van der Waals surface area contributed by atoms with Crippen molar-refractivity contribution in [2.75, 3.05) is 0 Å². The first-order valence-electron chi connectivity index (χ1n) is 3.91. The highest BCUT2D eigenvalue weighted by atomic mass is 79.9. The van der Waals surface area contributed by atoms with E-state index in [1.54, 1.807) is 0 Å². The van der Waals surface area contributed by atoms with E-state index in [1.807, 2.05) is 0 Å². The summed E-state index contributed by atoms with van der Waals surface area (Å²) in [6.45, 7) is 1.39. The fourth-order valence-electron chi connectivity index (χ4n) is 1.14. The number of rotatable bonds is 2. The zero-order valence-electron chi connectivity index (χ0n) is 7.84. The highest BCUT2D eigenvalue weighted by Gasteiger charge is 2.33. The van der Waals surface area contributed by atoms with Crippen LogP contribution in [0.15, 0.2) is 21.5 Å². The molecular weight excluding hydrogens is 311 g/mol. The van der Waals surface area contributed by atoms with E-state index in [4.69, 9.17) is 0 Å². The van der Waals surface area contributed by atoms with Crippen LogP contribution >= 0.6 is 27.7 Å². The minimum Gasteiger partial charge on any atom is -0.258 e. The number of alkyl halides is 3. The zero-order valence-corrected chi connectivity index (χ0v) is 10.2. The number of aryl methyl sites for hydroxylation is 1. The average Bonchev–Trinajstić information content (AvgIpc) is 1.96. The van der Waals surface area contributed by atoms with Gasteiger partial charge in [0.05, 0.1) is 9.82 Å². The number of nitro benzene ring substituents is 1. The van der Waals surface area contributed by atoms with E-state index in [2.05, 4.69) is 15.9 Å². The van der Waals surface area contributed by atoms with Crippen molar-refractivity contribution in [1.82, 2.24) is 0 Å². The molecule has 0 spiro atoms. The van der Waals surface area contributed by atoms with Gasteiger partial charge in [0.15, 0.2) is 0 Å². The molecule has 0 fully saturated rings. The van der Waals surface area contributed by atoms with Gasteiger partial charge in [-0.25, -0.2) is 0 Å². The number of halogens is 4. The molecule has 88 valence electrons. The van der Waals surface area contributed by atoms with Crippen LogP contribution < -0.4 is 0 Å². The second kappa shape index (κ2) is 4.62. The molecule has 1 rings (SSSR count). The summed E-state index contributed by atoms with van der Waals surface area (Å²) in [6, 6.07) is 2.49. The predicted molar refractivity (Wildman–Crippen MR) is 57.4 cm³/mol. The minimum atomic E-state index is -4.54. The summed E-state index contributed by atoms with van der Waals surface area (Å²) in [7, 11) is 0. The lowest BCUT2D eigenvalue weighted by Crippen LogP contribution is -2.02. The van der Waals surface area contributed by atoms with Crippen molar-refractivity contribution in [3.8, 4) is 0 Å². The number of nitrogens with zero attached hydrogens (tertiary/aromatic N) is 1. The summed E-state index contributed by atoms with van der Waals surface area (Å²) < 4.78 is 36.9. The van der Waals surface area contributed by atoms with Gasteiger partial charge in [-0.1, -0.05) is 15.9 Å². The predicted octanol–water partition coefficient (Wildman–Crippen LogP) is 4.28. The van der Waals surface area contributed by atoms with Crippen LogP contribution in [0.4, 0.5) is 18.9 Å². The molecule has 0 heterocycles. The van der Waals surface area contributed by atoms with Crippen LogP contribution in [0.1, 0.15) is 5.56 Å². The smallest absolute Gasteiger partial charge is 0.258 e. The molecule has 0 aliphatic rings. The van der Waals surface area contributed by atoms with Gasteiger partial charge in [-0.05, 0) is 30.8 Å². The molecule has 0 saturated carbocycles. The molecule has 0 saturated heterocycles. The number of benzene rings is 1. The normalized spacial score (nSPS) is 11.6. The molecule has 0 N–H and O–H groups in total. The molecule has 0 unspecified atom stereocenters. The highest BCUT2D eigenvalue weighted by Crippen LogP contribution is 2.43. The molecule has 0 aliphatic heterocycles. The van der Waals surface area contributed by atoms with Gasteiger partial charge < -0.3 is 0 Å². The molecule has 1 aromatic carbocycles. The number of hydrogen-bond donors (Lipinski definition) is 0. The lowest BCUT2D eigenvalue weighted by Gasteiger charge is -2.08. The largest absolute Gasteiger partial charge is 0.446 e. The molecule has 8 heteroatoms. The summed E-state index contributed by atoms with van der Waals surface area (Å²) >= 11 is 2.51. The van der Waals surface area contributed by atoms with E-state index in [1.165, 1.54) is 13.0 Å². The molecule has 0 aromatic heterocycles. The van der Waals surface area contributed by atoms with Crippen molar-refractivity contribution in [2.45, 2.75) is 17.3 Å². The van der Waals surface area contributed by atoms with Crippen LogP contribution in [0, 0.1) is 17.0 Å². The second-order valence-corrected chi connectivity index (χ2v) is 4.90. The SMILES string of the molecule is Cc1cc(Br)cc(SC(F)(F)F)c1[N+](=O)[O-]. The Kier molecular flexibility index (Phi) is 3.84. The molecule has 0 amide bonds. The highest BCUT2D eigenvalue weighted by molar-refractivity contribution is 9.10. The summed E-state index contributed by atoms with van der Waals surface area (Å²) in [6.07, 6.45) is 0. The first-order valence-corrected chi connectivity index (χ1v) is 5.52. The fraction of sp³-hybridized carbons (Fsp3) is 0.250. The maximum absolute atomic E-state index is 12.2. The van der Waals surface area contributed by atoms with Crippen molar-refractivity contribution in [1.29, 1.82) is 0 Å². The fourth-order valence-corrected chi connectivity index (χ4v) is 2.63. The van der Waals surface area contributed by atoms with Crippen LogP contribution in [0.5, 0.6) is 0 Å². The maximum Gasteiger partial charge on any atom is 0.446 e. The summed E-state index contributed by atoms with van der Waals surface area (Å²) in [5.74, 6) is 0. The standard InChI is InChI=1S/C8H5BrF3NO2S/c1-4-2-5(9)3-6(7(4)13(14)15)16-8(10,11)12/h2-3H,1H3. The van der Waals surface area contributed by atoms with Crippen molar-refractivity contribution in [3.63, 3.8) is 0 Å². The lowest BCUT2D eigenvalue weighted by atomic mass is 10.2. The van der Waals surface area contributed by atoms with E-state index >= 15 is 0 Å². The lowest BCUT2D eigenvalue weighted by molar-refractivity contribution is -0.388. The first-order chi connectivity index (χ1) is 7.20. The van der Waals surface area contributed by atoms with Crippen LogP contribution in [0.2, 0.25) is 0 Å². The van der Waals surface area contributed by atoms with Crippen molar-refractivity contribution in [2.24, 2.45) is 0 Å². The van der Waals surface area contributed by atoms with Crippen LogP contribution in [-0.4, -0.2) is 10.4 Å². The first kappa shape index (κ1) is 13.3. The Morgan fingerprint density at radius 3 is 2.44 bits per heavy atom. The summed E-state index contributed by atoms with van der Waals surface area (Å²) in [5.41, 5.74) is -4.87. The van der Waals surface area contributed by atoms with E-state index in [0.29, 0.717) is 4.47 Å². The van der Waals surface area contributed by atoms with Gasteiger partial charge >= 0.3 is 5.51 Å². The Morgan fingerprint density at radius 1 is 1.44 bits per heavy atom. The summed E-state index contributed by atoms with van der Waals surface area (Å²) in [5, 5.41) is 10.6. The van der Waals surface area contributed by atoms with E-state index < -0.39 is 32.8 Å². The van der Waals surface area contributed by atoms with Crippen LogP contribution in [0.3, 0.4) is 0 Å². The molecule has 1 aromatic rings. The Hall–Kier alpha value is -0.760. The van der Waals surface area contributed by atoms with Gasteiger partial charge in [0.2, 0.25) is 0 Å². The average molecular weight is 316 g/mol. The van der Waals surface area contributed by atoms with Gasteiger partial charge in [0, 0.05) is 10.0 Å². The van der Waals surface area contributed by atoms with Crippen LogP contribution in [-0.2, 0) is 0 Å². The van der Waals surface area contributed by atoms with Crippen LogP contribution in [0.25, 0.3) is 0 Å².